The molecule has 6 nitrogen and oxygen atoms in total. The lowest BCUT2D eigenvalue weighted by molar-refractivity contribution is 0.0933. The fourth-order valence-corrected chi connectivity index (χ4v) is 1.91. The van der Waals surface area contributed by atoms with Crippen LogP contribution in [0, 0.1) is 6.92 Å². The van der Waals surface area contributed by atoms with E-state index in [1.54, 1.807) is 18.3 Å². The Morgan fingerprint density at radius 1 is 1.33 bits per heavy atom. The third-order valence-corrected chi connectivity index (χ3v) is 3.08. The van der Waals surface area contributed by atoms with Crippen LogP contribution in [0.1, 0.15) is 60.4 Å². The van der Waals surface area contributed by atoms with E-state index < -0.39 is 0 Å². The van der Waals surface area contributed by atoms with Crippen LogP contribution >= 0.6 is 0 Å². The van der Waals surface area contributed by atoms with E-state index in [9.17, 15) is 4.79 Å². The Bertz CT molecular complexity index is 649. The van der Waals surface area contributed by atoms with E-state index in [1.807, 2.05) is 27.7 Å². The highest BCUT2D eigenvalue weighted by Crippen LogP contribution is 2.17. The van der Waals surface area contributed by atoms with Gasteiger partial charge in [-0.2, -0.15) is 0 Å². The van der Waals surface area contributed by atoms with Gasteiger partial charge in [0.1, 0.15) is 17.6 Å². The smallest absolute Gasteiger partial charge is 0.252 e. The lowest BCUT2D eigenvalue weighted by Crippen LogP contribution is -2.27. The van der Waals surface area contributed by atoms with Crippen molar-refractivity contribution < 1.29 is 9.21 Å². The second-order valence-corrected chi connectivity index (χ2v) is 5.36. The van der Waals surface area contributed by atoms with Crippen LogP contribution in [-0.4, -0.2) is 15.9 Å². The predicted octanol–water partition coefficient (Wildman–Crippen LogP) is 2.57. The van der Waals surface area contributed by atoms with Gasteiger partial charge in [0.2, 0.25) is 5.89 Å². The van der Waals surface area contributed by atoms with Crippen molar-refractivity contribution in [1.29, 1.82) is 0 Å². The maximum Gasteiger partial charge on any atom is 0.252 e. The van der Waals surface area contributed by atoms with Gasteiger partial charge in [0.15, 0.2) is 0 Å². The zero-order chi connectivity index (χ0) is 15.6. The fraction of sp³-hybridized carbons (Fsp3) is 0.400. The van der Waals surface area contributed by atoms with Crippen LogP contribution in [0.4, 0.5) is 5.82 Å². The highest BCUT2D eigenvalue weighted by atomic mass is 16.4. The summed E-state index contributed by atoms with van der Waals surface area (Å²) in [5, 5.41) is 2.84. The Morgan fingerprint density at radius 3 is 2.62 bits per heavy atom. The van der Waals surface area contributed by atoms with E-state index in [0.717, 1.165) is 5.69 Å². The minimum atomic E-state index is -0.317. The number of hydrogen-bond acceptors (Lipinski definition) is 5. The molecule has 0 bridgehead atoms. The number of nitrogens with zero attached hydrogens (tertiary/aromatic N) is 2. The summed E-state index contributed by atoms with van der Waals surface area (Å²) in [5.41, 5.74) is 7.04. The van der Waals surface area contributed by atoms with E-state index in [0.29, 0.717) is 23.0 Å². The fourth-order valence-electron chi connectivity index (χ4n) is 1.91. The van der Waals surface area contributed by atoms with E-state index in [4.69, 9.17) is 10.2 Å². The summed E-state index contributed by atoms with van der Waals surface area (Å²) in [6.45, 7) is 7.63. The van der Waals surface area contributed by atoms with Crippen LogP contribution in [-0.2, 0) is 0 Å². The number of pyridine rings is 1. The van der Waals surface area contributed by atoms with Gasteiger partial charge < -0.3 is 15.5 Å². The summed E-state index contributed by atoms with van der Waals surface area (Å²) in [6, 6.07) is 3.00. The number of carbonyl (C=O) groups is 1. The Kier molecular flexibility index (Phi) is 4.26. The molecule has 2 aromatic rings. The third kappa shape index (κ3) is 3.59. The van der Waals surface area contributed by atoms with Crippen LogP contribution in [0.2, 0.25) is 0 Å². The molecule has 0 aliphatic heterocycles. The number of nitrogens with two attached hydrogens (primary N) is 1. The molecule has 21 heavy (non-hydrogen) atoms. The number of amides is 1. The third-order valence-electron chi connectivity index (χ3n) is 3.08. The molecule has 2 heterocycles. The number of rotatable bonds is 4. The van der Waals surface area contributed by atoms with Gasteiger partial charge in [-0.25, -0.2) is 9.97 Å². The molecule has 0 saturated carbocycles. The molecule has 0 spiro atoms. The van der Waals surface area contributed by atoms with Crippen molar-refractivity contribution in [3.63, 3.8) is 0 Å². The van der Waals surface area contributed by atoms with Gasteiger partial charge in [-0.15, -0.1) is 0 Å². The minimum Gasteiger partial charge on any atom is -0.444 e. The monoisotopic (exact) mass is 288 g/mol. The molecule has 0 aromatic carbocycles. The van der Waals surface area contributed by atoms with Gasteiger partial charge in [0.05, 0.1) is 6.20 Å². The van der Waals surface area contributed by atoms with Crippen molar-refractivity contribution in [1.82, 2.24) is 15.3 Å². The number of oxazole rings is 1. The first-order chi connectivity index (χ1) is 9.86. The zero-order valence-corrected chi connectivity index (χ0v) is 12.7. The lowest BCUT2D eigenvalue weighted by Gasteiger charge is -2.12. The molecule has 0 fully saturated rings. The average Bonchev–Trinajstić information content (AvgIpc) is 2.84. The molecule has 0 saturated heterocycles. The van der Waals surface area contributed by atoms with Crippen molar-refractivity contribution in [2.75, 3.05) is 5.73 Å². The molecule has 6 heteroatoms. The molecular weight excluding hydrogens is 268 g/mol. The zero-order valence-electron chi connectivity index (χ0n) is 12.7. The van der Waals surface area contributed by atoms with Gasteiger partial charge >= 0.3 is 0 Å². The highest BCUT2D eigenvalue weighted by Gasteiger charge is 2.17. The van der Waals surface area contributed by atoms with E-state index in [1.165, 1.54) is 0 Å². The summed E-state index contributed by atoms with van der Waals surface area (Å²) in [6.07, 6.45) is 1.62. The highest BCUT2D eigenvalue weighted by molar-refractivity contribution is 5.95. The van der Waals surface area contributed by atoms with Gasteiger partial charge in [0, 0.05) is 11.3 Å². The summed E-state index contributed by atoms with van der Waals surface area (Å²) in [4.78, 5) is 20.6. The number of carbonyl (C=O) groups excluding carboxylic acids is 1. The Labute approximate surface area is 123 Å². The number of hydrogen-bond donors (Lipinski definition) is 2. The van der Waals surface area contributed by atoms with Gasteiger partial charge in [0.25, 0.3) is 5.91 Å². The molecule has 112 valence electrons. The standard InChI is InChI=1S/C15H20N4O2/c1-8(2)12-5-11(6-13(16)19-12)14(20)18-10(4)15-17-7-9(3)21-15/h5-8,10H,1-4H3,(H2,16,19)(H,18,20). The van der Waals surface area contributed by atoms with Gasteiger partial charge in [-0.05, 0) is 31.9 Å². The minimum absolute atomic E-state index is 0.201. The van der Waals surface area contributed by atoms with Crippen LogP contribution in [0.5, 0.6) is 0 Å². The summed E-state index contributed by atoms with van der Waals surface area (Å²) < 4.78 is 5.40. The number of nitrogens with one attached hydrogen (secondary N) is 1. The van der Waals surface area contributed by atoms with Crippen LogP contribution in [0.15, 0.2) is 22.7 Å². The second-order valence-electron chi connectivity index (χ2n) is 5.36. The van der Waals surface area contributed by atoms with Crippen molar-refractivity contribution >= 4 is 11.7 Å². The number of aryl methyl sites for hydroxylation is 1. The number of anilines is 1. The van der Waals surface area contributed by atoms with Crippen molar-refractivity contribution in [3.8, 4) is 0 Å². The Morgan fingerprint density at radius 2 is 2.05 bits per heavy atom. The largest absolute Gasteiger partial charge is 0.444 e. The molecule has 0 aliphatic rings. The summed E-state index contributed by atoms with van der Waals surface area (Å²) in [7, 11) is 0. The average molecular weight is 288 g/mol. The SMILES string of the molecule is Cc1cnc(C(C)NC(=O)c2cc(N)nc(C(C)C)c2)o1. The van der Waals surface area contributed by atoms with E-state index in [2.05, 4.69) is 15.3 Å². The first-order valence-corrected chi connectivity index (χ1v) is 6.87. The maximum absolute atomic E-state index is 12.3. The second kappa shape index (κ2) is 5.95. The normalized spacial score (nSPS) is 12.4. The van der Waals surface area contributed by atoms with Crippen LogP contribution in [0.3, 0.4) is 0 Å². The topological polar surface area (TPSA) is 94.0 Å². The first kappa shape index (κ1) is 15.0. The number of aromatic nitrogens is 2. The molecular formula is C15H20N4O2. The summed E-state index contributed by atoms with van der Waals surface area (Å²) >= 11 is 0. The molecule has 0 aliphatic carbocycles. The van der Waals surface area contributed by atoms with Crippen molar-refractivity contribution in [3.05, 3.63) is 41.2 Å². The van der Waals surface area contributed by atoms with Crippen LogP contribution < -0.4 is 11.1 Å². The Balaban J connectivity index is 2.16. The Hall–Kier alpha value is -2.37. The number of nitrogen functional groups attached to an aromatic ring is 1. The quantitative estimate of drug-likeness (QED) is 0.901. The van der Waals surface area contributed by atoms with Crippen LogP contribution in [0.25, 0.3) is 0 Å². The van der Waals surface area contributed by atoms with E-state index in [-0.39, 0.29) is 17.9 Å². The first-order valence-electron chi connectivity index (χ1n) is 6.87. The van der Waals surface area contributed by atoms with E-state index >= 15 is 0 Å². The summed E-state index contributed by atoms with van der Waals surface area (Å²) in [5.74, 6) is 1.50. The molecule has 2 rings (SSSR count). The molecule has 0 radical (unpaired) electrons. The van der Waals surface area contributed by atoms with Gasteiger partial charge in [-0.1, -0.05) is 13.8 Å². The molecule has 3 N–H and O–H groups in total. The molecule has 1 unspecified atom stereocenters. The molecule has 1 atom stereocenters. The molecule has 2 aromatic heterocycles. The predicted molar refractivity (Wildman–Crippen MR) is 79.9 cm³/mol. The van der Waals surface area contributed by atoms with Crippen molar-refractivity contribution in [2.45, 2.75) is 39.7 Å². The van der Waals surface area contributed by atoms with Gasteiger partial charge in [-0.3, -0.25) is 4.79 Å². The molecule has 1 amide bonds. The lowest BCUT2D eigenvalue weighted by atomic mass is 10.1. The maximum atomic E-state index is 12.3. The van der Waals surface area contributed by atoms with Crippen molar-refractivity contribution in [2.24, 2.45) is 0 Å².